The molecule has 0 saturated heterocycles. The van der Waals surface area contributed by atoms with Crippen LogP contribution in [0.5, 0.6) is 0 Å². The molecule has 2 aromatic rings. The number of aromatic nitrogens is 2. The first kappa shape index (κ1) is 13.5. The van der Waals surface area contributed by atoms with Crippen molar-refractivity contribution in [2.75, 3.05) is 0 Å². The van der Waals surface area contributed by atoms with Gasteiger partial charge in [0.15, 0.2) is 11.2 Å². The highest BCUT2D eigenvalue weighted by Crippen LogP contribution is 2.39. The largest absolute Gasteiger partial charge is 0.358 e. The van der Waals surface area contributed by atoms with Crippen molar-refractivity contribution >= 4 is 28.2 Å². The lowest BCUT2D eigenvalue weighted by Gasteiger charge is -2.00. The smallest absolute Gasteiger partial charge is 0.307 e. The van der Waals surface area contributed by atoms with Gasteiger partial charge in [0, 0.05) is 4.88 Å². The van der Waals surface area contributed by atoms with Gasteiger partial charge in [-0.2, -0.15) is 5.26 Å². The maximum Gasteiger partial charge on any atom is 0.307 e. The van der Waals surface area contributed by atoms with Gasteiger partial charge in [-0.05, 0) is 11.8 Å². The number of fused-ring (bicyclic) bond motifs is 1. The second kappa shape index (κ2) is 4.95. The molecule has 2 aromatic heterocycles. The fourth-order valence-corrected chi connectivity index (χ4v) is 3.11. The summed E-state index contributed by atoms with van der Waals surface area (Å²) in [4.78, 5) is 14.3. The van der Waals surface area contributed by atoms with E-state index in [1.54, 1.807) is 11.3 Å². The van der Waals surface area contributed by atoms with Crippen LogP contribution in [0.3, 0.4) is 0 Å². The van der Waals surface area contributed by atoms with E-state index in [1.807, 2.05) is 6.07 Å². The monoisotopic (exact) mass is 270 g/mol. The van der Waals surface area contributed by atoms with Gasteiger partial charge in [-0.1, -0.05) is 34.3 Å². The zero-order valence-corrected chi connectivity index (χ0v) is 12.2. The molecule has 0 N–H and O–H groups in total. The molecule has 0 saturated carbocycles. The third-order valence-electron chi connectivity index (χ3n) is 2.82. The summed E-state index contributed by atoms with van der Waals surface area (Å²) in [6.07, 6.45) is 0. The molecule has 0 unspecified atom stereocenters. The number of thiophene rings is 1. The summed E-state index contributed by atoms with van der Waals surface area (Å²) in [7, 11) is 0. The molecule has 19 heavy (non-hydrogen) atoms. The lowest BCUT2D eigenvalue weighted by Crippen LogP contribution is -1.92. The van der Waals surface area contributed by atoms with Gasteiger partial charge in [0.05, 0.1) is 4.88 Å². The Morgan fingerprint density at radius 3 is 2.05 bits per heavy atom. The lowest BCUT2D eigenvalue weighted by molar-refractivity contribution is 0.891. The molecule has 0 aliphatic heterocycles. The van der Waals surface area contributed by atoms with Gasteiger partial charge in [0.25, 0.3) is 0 Å². The molecular weight excluding hydrogens is 256 g/mol. The number of hydrogen-bond acceptors (Lipinski definition) is 4. The van der Waals surface area contributed by atoms with Crippen LogP contribution in [0.25, 0.3) is 15.9 Å². The van der Waals surface area contributed by atoms with Crippen LogP contribution in [0, 0.1) is 17.9 Å². The second-order valence-corrected chi connectivity index (χ2v) is 6.04. The standard InChI is InChI=1S/C14H14N4S/c1-7(2)12-10-11(13(19-12)8(3)4)18-14(16-5)9(6-15)17-10/h7-8H,1-4H3. The summed E-state index contributed by atoms with van der Waals surface area (Å²) in [5, 5.41) is 9.06. The third kappa shape index (κ3) is 2.18. The van der Waals surface area contributed by atoms with E-state index in [0.717, 1.165) is 20.8 Å². The fraction of sp³-hybridized carbons (Fsp3) is 0.429. The molecule has 2 rings (SSSR count). The molecule has 0 amide bonds. The molecule has 0 aliphatic rings. The molecule has 4 nitrogen and oxygen atoms in total. The highest BCUT2D eigenvalue weighted by atomic mass is 32.1. The minimum absolute atomic E-state index is 0.102. The van der Waals surface area contributed by atoms with Crippen molar-refractivity contribution in [1.29, 1.82) is 5.26 Å². The van der Waals surface area contributed by atoms with Crippen molar-refractivity contribution in [2.45, 2.75) is 39.5 Å². The van der Waals surface area contributed by atoms with Gasteiger partial charge in [-0.15, -0.1) is 16.3 Å². The van der Waals surface area contributed by atoms with Crippen LogP contribution in [0.4, 0.5) is 5.82 Å². The van der Waals surface area contributed by atoms with Crippen molar-refractivity contribution in [3.63, 3.8) is 0 Å². The maximum absolute atomic E-state index is 9.06. The Kier molecular flexibility index (Phi) is 3.50. The van der Waals surface area contributed by atoms with Gasteiger partial charge in [-0.25, -0.2) is 4.98 Å². The summed E-state index contributed by atoms with van der Waals surface area (Å²) in [6, 6.07) is 1.96. The summed E-state index contributed by atoms with van der Waals surface area (Å²) >= 11 is 1.69. The fourth-order valence-electron chi connectivity index (χ4n) is 1.92. The van der Waals surface area contributed by atoms with Crippen LogP contribution in [-0.2, 0) is 0 Å². The Labute approximate surface area is 116 Å². The highest BCUT2D eigenvalue weighted by molar-refractivity contribution is 7.13. The Bertz CT molecular complexity index is 654. The molecule has 5 heteroatoms. The summed E-state index contributed by atoms with van der Waals surface area (Å²) in [6.45, 7) is 15.5. The van der Waals surface area contributed by atoms with Crippen LogP contribution in [0.1, 0.15) is 55.0 Å². The van der Waals surface area contributed by atoms with E-state index in [0.29, 0.717) is 11.8 Å². The number of nitrogens with zero attached hydrogens (tertiary/aromatic N) is 4. The van der Waals surface area contributed by atoms with Gasteiger partial charge in [-0.3, -0.25) is 0 Å². The molecule has 2 heterocycles. The number of nitriles is 1. The topological polar surface area (TPSA) is 53.9 Å². The van der Waals surface area contributed by atoms with E-state index in [9.17, 15) is 0 Å². The van der Waals surface area contributed by atoms with Gasteiger partial charge in [0.1, 0.15) is 11.6 Å². The van der Waals surface area contributed by atoms with Gasteiger partial charge < -0.3 is 4.85 Å². The van der Waals surface area contributed by atoms with Crippen molar-refractivity contribution < 1.29 is 0 Å². The Balaban J connectivity index is 2.89. The SMILES string of the molecule is [C-]#[N+]c1nc2c(C(C)C)sc(C(C)C)c2nc1C#N. The van der Waals surface area contributed by atoms with E-state index >= 15 is 0 Å². The van der Waals surface area contributed by atoms with Crippen LogP contribution in [0.15, 0.2) is 0 Å². The Morgan fingerprint density at radius 2 is 1.63 bits per heavy atom. The van der Waals surface area contributed by atoms with Crippen LogP contribution >= 0.6 is 11.3 Å². The number of rotatable bonds is 2. The molecule has 0 bridgehead atoms. The minimum atomic E-state index is 0.102. The van der Waals surface area contributed by atoms with Gasteiger partial charge >= 0.3 is 5.82 Å². The number of hydrogen-bond donors (Lipinski definition) is 0. The summed E-state index contributed by atoms with van der Waals surface area (Å²) < 4.78 is 0. The molecule has 0 aliphatic carbocycles. The first-order valence-corrected chi connectivity index (χ1v) is 6.93. The minimum Gasteiger partial charge on any atom is -0.358 e. The average molecular weight is 270 g/mol. The summed E-state index contributed by atoms with van der Waals surface area (Å²) in [5.74, 6) is 0.769. The zero-order valence-electron chi connectivity index (χ0n) is 11.4. The molecule has 0 spiro atoms. The zero-order chi connectivity index (χ0) is 14.2. The average Bonchev–Trinajstić information content (AvgIpc) is 2.75. The predicted octanol–water partition coefficient (Wildman–Crippen LogP) is 4.36. The van der Waals surface area contributed by atoms with Crippen molar-refractivity contribution in [3.05, 3.63) is 26.9 Å². The van der Waals surface area contributed by atoms with E-state index in [-0.39, 0.29) is 11.5 Å². The van der Waals surface area contributed by atoms with Gasteiger partial charge in [0.2, 0.25) is 0 Å². The van der Waals surface area contributed by atoms with E-state index in [4.69, 9.17) is 11.8 Å². The molecule has 0 atom stereocenters. The maximum atomic E-state index is 9.06. The van der Waals surface area contributed by atoms with E-state index in [2.05, 4.69) is 42.5 Å². The van der Waals surface area contributed by atoms with Crippen molar-refractivity contribution in [2.24, 2.45) is 0 Å². The predicted molar refractivity (Wildman–Crippen MR) is 76.6 cm³/mol. The highest BCUT2D eigenvalue weighted by Gasteiger charge is 2.23. The first-order valence-electron chi connectivity index (χ1n) is 6.11. The first-order chi connectivity index (χ1) is 8.99. The normalized spacial score (nSPS) is 10.9. The molecule has 96 valence electrons. The summed E-state index contributed by atoms with van der Waals surface area (Å²) in [5.41, 5.74) is 1.69. The van der Waals surface area contributed by atoms with Crippen LogP contribution < -0.4 is 0 Å². The Hall–Kier alpha value is -1.98. The molecule has 0 aromatic carbocycles. The molecule has 0 fully saturated rings. The Morgan fingerprint density at radius 1 is 1.11 bits per heavy atom. The van der Waals surface area contributed by atoms with Crippen molar-refractivity contribution in [3.8, 4) is 6.07 Å². The van der Waals surface area contributed by atoms with Crippen LogP contribution in [-0.4, -0.2) is 9.97 Å². The van der Waals surface area contributed by atoms with E-state index in [1.165, 1.54) is 0 Å². The van der Waals surface area contributed by atoms with Crippen LogP contribution in [0.2, 0.25) is 0 Å². The van der Waals surface area contributed by atoms with Crippen molar-refractivity contribution in [1.82, 2.24) is 9.97 Å². The molecule has 0 radical (unpaired) electrons. The second-order valence-electron chi connectivity index (χ2n) is 4.96. The molecular formula is C14H14N4S. The van der Waals surface area contributed by atoms with E-state index < -0.39 is 0 Å². The quantitative estimate of drug-likeness (QED) is 0.762. The lowest BCUT2D eigenvalue weighted by atomic mass is 10.1. The third-order valence-corrected chi connectivity index (χ3v) is 4.59.